The highest BCUT2D eigenvalue weighted by atomic mass is 16.1. The molecule has 5 rings (SSSR count). The third-order valence-electron chi connectivity index (χ3n) is 6.60. The SMILES string of the molecule is O=C(NC1CCCc2ccccc21)C1CCN(c2cc(-c3ccccc3)ncn2)CC1. The van der Waals surface area contributed by atoms with Crippen molar-refractivity contribution in [1.29, 1.82) is 0 Å². The van der Waals surface area contributed by atoms with Gasteiger partial charge in [0.2, 0.25) is 5.91 Å². The van der Waals surface area contributed by atoms with Gasteiger partial charge in [0.05, 0.1) is 11.7 Å². The zero-order chi connectivity index (χ0) is 21.0. The molecule has 1 atom stereocenters. The molecule has 0 bridgehead atoms. The molecule has 1 fully saturated rings. The molecule has 5 nitrogen and oxygen atoms in total. The van der Waals surface area contributed by atoms with Crippen molar-refractivity contribution in [2.75, 3.05) is 18.0 Å². The van der Waals surface area contributed by atoms with Gasteiger partial charge in [-0.05, 0) is 43.2 Å². The van der Waals surface area contributed by atoms with Crippen LogP contribution in [0.1, 0.15) is 42.9 Å². The first kappa shape index (κ1) is 19.7. The fourth-order valence-electron chi connectivity index (χ4n) is 4.85. The van der Waals surface area contributed by atoms with Crippen LogP contribution in [0.15, 0.2) is 67.0 Å². The second-order valence-electron chi connectivity index (χ2n) is 8.54. The topological polar surface area (TPSA) is 58.1 Å². The number of piperidine rings is 1. The molecule has 1 amide bonds. The van der Waals surface area contributed by atoms with E-state index in [1.54, 1.807) is 6.33 Å². The molecular formula is C26H28N4O. The number of aromatic nitrogens is 2. The zero-order valence-corrected chi connectivity index (χ0v) is 17.7. The number of anilines is 1. The Bertz CT molecular complexity index is 1040. The van der Waals surface area contributed by atoms with E-state index in [0.717, 1.165) is 62.3 Å². The van der Waals surface area contributed by atoms with Crippen LogP contribution < -0.4 is 10.2 Å². The first-order valence-electron chi connectivity index (χ1n) is 11.3. The molecule has 1 saturated heterocycles. The van der Waals surface area contributed by atoms with Crippen LogP contribution in [0.5, 0.6) is 0 Å². The summed E-state index contributed by atoms with van der Waals surface area (Å²) < 4.78 is 0. The lowest BCUT2D eigenvalue weighted by molar-refractivity contribution is -0.126. The first-order chi connectivity index (χ1) is 15.3. The Morgan fingerprint density at radius 2 is 1.71 bits per heavy atom. The molecule has 2 aliphatic rings. The third-order valence-corrected chi connectivity index (χ3v) is 6.60. The molecule has 2 heterocycles. The van der Waals surface area contributed by atoms with Crippen molar-refractivity contribution in [2.45, 2.75) is 38.1 Å². The molecule has 158 valence electrons. The largest absolute Gasteiger partial charge is 0.356 e. The normalized spacial score (nSPS) is 19.0. The second-order valence-corrected chi connectivity index (χ2v) is 8.54. The molecule has 1 aromatic heterocycles. The summed E-state index contributed by atoms with van der Waals surface area (Å²) in [6.07, 6.45) is 6.63. The van der Waals surface area contributed by atoms with Gasteiger partial charge in [-0.2, -0.15) is 0 Å². The number of benzene rings is 2. The van der Waals surface area contributed by atoms with Gasteiger partial charge in [-0.1, -0.05) is 54.6 Å². The van der Waals surface area contributed by atoms with Crippen molar-refractivity contribution >= 4 is 11.7 Å². The summed E-state index contributed by atoms with van der Waals surface area (Å²) in [6.45, 7) is 1.68. The van der Waals surface area contributed by atoms with E-state index in [9.17, 15) is 4.79 Å². The Hall–Kier alpha value is -3.21. The van der Waals surface area contributed by atoms with Crippen molar-refractivity contribution in [3.63, 3.8) is 0 Å². The number of hydrogen-bond donors (Lipinski definition) is 1. The summed E-state index contributed by atoms with van der Waals surface area (Å²) in [5, 5.41) is 3.35. The number of nitrogens with zero attached hydrogens (tertiary/aromatic N) is 3. The van der Waals surface area contributed by atoms with E-state index in [0.29, 0.717) is 0 Å². The highest BCUT2D eigenvalue weighted by Crippen LogP contribution is 2.31. The smallest absolute Gasteiger partial charge is 0.223 e. The Kier molecular flexibility index (Phi) is 5.65. The third kappa shape index (κ3) is 4.31. The molecule has 1 aliphatic carbocycles. The van der Waals surface area contributed by atoms with E-state index < -0.39 is 0 Å². The number of amides is 1. The van der Waals surface area contributed by atoms with Crippen LogP contribution >= 0.6 is 0 Å². The average Bonchev–Trinajstić information content (AvgIpc) is 2.85. The van der Waals surface area contributed by atoms with Crippen molar-refractivity contribution < 1.29 is 4.79 Å². The van der Waals surface area contributed by atoms with Gasteiger partial charge in [-0.15, -0.1) is 0 Å². The highest BCUT2D eigenvalue weighted by Gasteiger charge is 2.29. The fourth-order valence-corrected chi connectivity index (χ4v) is 4.85. The molecule has 5 heteroatoms. The summed E-state index contributed by atoms with van der Waals surface area (Å²) in [5.41, 5.74) is 4.70. The van der Waals surface area contributed by atoms with Crippen molar-refractivity contribution in [2.24, 2.45) is 5.92 Å². The lowest BCUT2D eigenvalue weighted by Gasteiger charge is -2.34. The lowest BCUT2D eigenvalue weighted by atomic mass is 9.87. The monoisotopic (exact) mass is 412 g/mol. The summed E-state index contributed by atoms with van der Waals surface area (Å²) in [7, 11) is 0. The van der Waals surface area contributed by atoms with Gasteiger partial charge in [-0.3, -0.25) is 4.79 Å². The minimum absolute atomic E-state index is 0.0702. The summed E-state index contributed by atoms with van der Waals surface area (Å²) >= 11 is 0. The standard InChI is InChI=1S/C26H28N4O/c31-26(29-23-12-6-10-19-7-4-5-11-22(19)23)21-13-15-30(16-14-21)25-17-24(27-18-28-25)20-8-2-1-3-9-20/h1-5,7-9,11,17-18,21,23H,6,10,12-16H2,(H,29,31). The lowest BCUT2D eigenvalue weighted by Crippen LogP contribution is -2.42. The number of carbonyl (C=O) groups excluding carboxylic acids is 1. The molecule has 3 aromatic rings. The predicted molar refractivity (Wildman–Crippen MR) is 123 cm³/mol. The van der Waals surface area contributed by atoms with Gasteiger partial charge in [0.1, 0.15) is 12.1 Å². The maximum Gasteiger partial charge on any atom is 0.223 e. The van der Waals surface area contributed by atoms with Gasteiger partial charge < -0.3 is 10.2 Å². The Morgan fingerprint density at radius 3 is 2.55 bits per heavy atom. The average molecular weight is 413 g/mol. The Morgan fingerprint density at radius 1 is 0.935 bits per heavy atom. The van der Waals surface area contributed by atoms with Crippen LogP contribution in [0.3, 0.4) is 0 Å². The van der Waals surface area contributed by atoms with E-state index in [1.807, 2.05) is 18.2 Å². The van der Waals surface area contributed by atoms with Crippen LogP contribution in [0.4, 0.5) is 5.82 Å². The van der Waals surface area contributed by atoms with Crippen LogP contribution in [-0.2, 0) is 11.2 Å². The molecule has 1 aliphatic heterocycles. The number of carbonyl (C=O) groups is 1. The minimum atomic E-state index is 0.0702. The summed E-state index contributed by atoms with van der Waals surface area (Å²) in [6, 6.07) is 20.9. The van der Waals surface area contributed by atoms with Gasteiger partial charge in [0.25, 0.3) is 0 Å². The van der Waals surface area contributed by atoms with E-state index >= 15 is 0 Å². The van der Waals surface area contributed by atoms with E-state index in [2.05, 4.69) is 62.6 Å². The number of fused-ring (bicyclic) bond motifs is 1. The number of hydrogen-bond acceptors (Lipinski definition) is 4. The summed E-state index contributed by atoms with van der Waals surface area (Å²) in [5.74, 6) is 1.21. The van der Waals surface area contributed by atoms with Gasteiger partial charge in [0.15, 0.2) is 0 Å². The molecular weight excluding hydrogens is 384 g/mol. The maximum atomic E-state index is 13.0. The number of aryl methyl sites for hydroxylation is 1. The molecule has 0 saturated carbocycles. The first-order valence-corrected chi connectivity index (χ1v) is 11.3. The van der Waals surface area contributed by atoms with Gasteiger partial charge in [-0.25, -0.2) is 9.97 Å². The van der Waals surface area contributed by atoms with Crippen molar-refractivity contribution in [1.82, 2.24) is 15.3 Å². The maximum absolute atomic E-state index is 13.0. The van der Waals surface area contributed by atoms with Crippen LogP contribution in [-0.4, -0.2) is 29.0 Å². The van der Waals surface area contributed by atoms with Crippen molar-refractivity contribution in [3.8, 4) is 11.3 Å². The number of nitrogens with one attached hydrogen (secondary N) is 1. The van der Waals surface area contributed by atoms with Crippen LogP contribution in [0.25, 0.3) is 11.3 Å². The molecule has 1 unspecified atom stereocenters. The second kappa shape index (κ2) is 8.88. The van der Waals surface area contributed by atoms with E-state index in [4.69, 9.17) is 0 Å². The van der Waals surface area contributed by atoms with E-state index in [1.165, 1.54) is 11.1 Å². The number of rotatable bonds is 4. The fraction of sp³-hybridized carbons (Fsp3) is 0.346. The Balaban J connectivity index is 1.21. The van der Waals surface area contributed by atoms with Crippen molar-refractivity contribution in [3.05, 3.63) is 78.1 Å². The highest BCUT2D eigenvalue weighted by molar-refractivity contribution is 5.79. The Labute approximate surface area is 183 Å². The molecule has 0 spiro atoms. The zero-order valence-electron chi connectivity index (χ0n) is 17.7. The van der Waals surface area contributed by atoms with Crippen LogP contribution in [0, 0.1) is 5.92 Å². The van der Waals surface area contributed by atoms with E-state index in [-0.39, 0.29) is 17.9 Å². The molecule has 0 radical (unpaired) electrons. The van der Waals surface area contributed by atoms with Gasteiger partial charge >= 0.3 is 0 Å². The minimum Gasteiger partial charge on any atom is -0.356 e. The molecule has 2 aromatic carbocycles. The summed E-state index contributed by atoms with van der Waals surface area (Å²) in [4.78, 5) is 24.2. The molecule has 31 heavy (non-hydrogen) atoms. The van der Waals surface area contributed by atoms with Gasteiger partial charge in [0, 0.05) is 30.6 Å². The molecule has 1 N–H and O–H groups in total. The van der Waals surface area contributed by atoms with Crippen LogP contribution in [0.2, 0.25) is 0 Å². The quantitative estimate of drug-likeness (QED) is 0.683. The predicted octanol–water partition coefficient (Wildman–Crippen LogP) is 4.55.